The van der Waals surface area contributed by atoms with Gasteiger partial charge in [0.15, 0.2) is 0 Å². The standard InChI is InChI=1S/C13H28N2O/c1-13(2,10-16)15(3)9-11-7-5-4-6-8-12(11)14/h11-12,16H,4-10,14H2,1-3H3. The fourth-order valence-corrected chi connectivity index (χ4v) is 2.36. The van der Waals surface area contributed by atoms with Gasteiger partial charge in [-0.3, -0.25) is 4.90 Å². The van der Waals surface area contributed by atoms with Crippen LogP contribution in [0.3, 0.4) is 0 Å². The minimum atomic E-state index is -0.133. The normalized spacial score (nSPS) is 28.1. The molecule has 1 fully saturated rings. The summed E-state index contributed by atoms with van der Waals surface area (Å²) >= 11 is 0. The monoisotopic (exact) mass is 228 g/mol. The molecule has 0 heterocycles. The molecule has 1 rings (SSSR count). The van der Waals surface area contributed by atoms with Crippen LogP contribution in [0.15, 0.2) is 0 Å². The minimum absolute atomic E-state index is 0.133. The van der Waals surface area contributed by atoms with Gasteiger partial charge >= 0.3 is 0 Å². The molecule has 0 aliphatic heterocycles. The summed E-state index contributed by atoms with van der Waals surface area (Å²) in [6.07, 6.45) is 6.33. The van der Waals surface area contributed by atoms with Gasteiger partial charge in [0.1, 0.15) is 0 Å². The lowest BCUT2D eigenvalue weighted by atomic mass is 9.93. The summed E-state index contributed by atoms with van der Waals surface area (Å²) in [4.78, 5) is 2.25. The van der Waals surface area contributed by atoms with Crippen molar-refractivity contribution >= 4 is 0 Å². The van der Waals surface area contributed by atoms with Crippen molar-refractivity contribution in [3.8, 4) is 0 Å². The van der Waals surface area contributed by atoms with Gasteiger partial charge in [0.2, 0.25) is 0 Å². The largest absolute Gasteiger partial charge is 0.394 e. The van der Waals surface area contributed by atoms with Crippen LogP contribution in [-0.2, 0) is 0 Å². The van der Waals surface area contributed by atoms with E-state index in [4.69, 9.17) is 5.73 Å². The highest BCUT2D eigenvalue weighted by molar-refractivity contribution is 4.84. The molecule has 0 radical (unpaired) electrons. The summed E-state index contributed by atoms with van der Waals surface area (Å²) in [5.74, 6) is 0.596. The van der Waals surface area contributed by atoms with Crippen LogP contribution in [0.25, 0.3) is 0 Å². The summed E-state index contributed by atoms with van der Waals surface area (Å²) in [6, 6.07) is 0.347. The summed E-state index contributed by atoms with van der Waals surface area (Å²) in [5.41, 5.74) is 6.09. The molecule has 0 bridgehead atoms. The molecule has 0 amide bonds. The number of likely N-dealkylation sites (N-methyl/N-ethyl adjacent to an activating group) is 1. The van der Waals surface area contributed by atoms with Gasteiger partial charge in [-0.25, -0.2) is 0 Å². The molecule has 1 saturated carbocycles. The van der Waals surface area contributed by atoms with Crippen molar-refractivity contribution < 1.29 is 5.11 Å². The lowest BCUT2D eigenvalue weighted by Gasteiger charge is -2.37. The molecular formula is C13H28N2O. The van der Waals surface area contributed by atoms with E-state index < -0.39 is 0 Å². The van der Waals surface area contributed by atoms with E-state index in [0.29, 0.717) is 12.0 Å². The van der Waals surface area contributed by atoms with Gasteiger partial charge < -0.3 is 10.8 Å². The summed E-state index contributed by atoms with van der Waals surface area (Å²) in [7, 11) is 2.09. The Morgan fingerprint density at radius 2 is 1.88 bits per heavy atom. The number of aliphatic hydroxyl groups excluding tert-OH is 1. The molecule has 3 nitrogen and oxygen atoms in total. The van der Waals surface area contributed by atoms with Crippen LogP contribution >= 0.6 is 0 Å². The highest BCUT2D eigenvalue weighted by Crippen LogP contribution is 2.24. The maximum absolute atomic E-state index is 9.34. The zero-order valence-corrected chi connectivity index (χ0v) is 11.1. The third-order valence-electron chi connectivity index (χ3n) is 4.15. The van der Waals surface area contributed by atoms with Crippen LogP contribution in [-0.4, -0.2) is 41.8 Å². The molecule has 0 saturated heterocycles. The Hall–Kier alpha value is -0.120. The first kappa shape index (κ1) is 13.9. The number of hydrogen-bond acceptors (Lipinski definition) is 3. The Labute approximate surface area is 100 Å². The van der Waals surface area contributed by atoms with E-state index in [-0.39, 0.29) is 12.1 Å². The number of rotatable bonds is 4. The molecule has 1 aliphatic rings. The third-order valence-corrected chi connectivity index (χ3v) is 4.15. The fraction of sp³-hybridized carbons (Fsp3) is 1.00. The second kappa shape index (κ2) is 5.99. The Morgan fingerprint density at radius 1 is 1.25 bits per heavy atom. The molecule has 1 aliphatic carbocycles. The third kappa shape index (κ3) is 3.72. The zero-order valence-electron chi connectivity index (χ0n) is 11.1. The number of hydrogen-bond donors (Lipinski definition) is 2. The lowest BCUT2D eigenvalue weighted by molar-refractivity contribution is 0.0616. The molecule has 2 atom stereocenters. The topological polar surface area (TPSA) is 49.5 Å². The molecule has 0 aromatic heterocycles. The molecule has 3 heteroatoms. The predicted octanol–water partition coefficient (Wildman–Crippen LogP) is 1.60. The highest BCUT2D eigenvalue weighted by atomic mass is 16.3. The maximum atomic E-state index is 9.34. The van der Waals surface area contributed by atoms with E-state index in [1.807, 2.05) is 0 Å². The van der Waals surface area contributed by atoms with E-state index >= 15 is 0 Å². The Bertz CT molecular complexity index is 206. The first-order valence-corrected chi connectivity index (χ1v) is 6.55. The number of aliphatic hydroxyl groups is 1. The van der Waals surface area contributed by atoms with E-state index in [2.05, 4.69) is 25.8 Å². The van der Waals surface area contributed by atoms with Gasteiger partial charge in [0.25, 0.3) is 0 Å². The molecule has 0 aromatic carbocycles. The van der Waals surface area contributed by atoms with Crippen molar-refractivity contribution in [1.82, 2.24) is 4.90 Å². The van der Waals surface area contributed by atoms with Gasteiger partial charge in [-0.1, -0.05) is 19.3 Å². The van der Waals surface area contributed by atoms with Crippen molar-refractivity contribution in [2.45, 2.75) is 57.5 Å². The van der Waals surface area contributed by atoms with Crippen molar-refractivity contribution in [2.24, 2.45) is 11.7 Å². The SMILES string of the molecule is CN(CC1CCCCCC1N)C(C)(C)CO. The maximum Gasteiger partial charge on any atom is 0.0609 e. The zero-order chi connectivity index (χ0) is 12.2. The molecule has 0 aromatic rings. The van der Waals surface area contributed by atoms with E-state index in [0.717, 1.165) is 13.0 Å². The molecule has 3 N–H and O–H groups in total. The second-order valence-electron chi connectivity index (χ2n) is 5.91. The minimum Gasteiger partial charge on any atom is -0.394 e. The van der Waals surface area contributed by atoms with Crippen molar-refractivity contribution in [1.29, 1.82) is 0 Å². The highest BCUT2D eigenvalue weighted by Gasteiger charge is 2.28. The number of nitrogens with zero attached hydrogens (tertiary/aromatic N) is 1. The molecule has 2 unspecified atom stereocenters. The predicted molar refractivity (Wildman–Crippen MR) is 68.3 cm³/mol. The average molecular weight is 228 g/mol. The first-order valence-electron chi connectivity index (χ1n) is 6.55. The van der Waals surface area contributed by atoms with Crippen molar-refractivity contribution in [2.75, 3.05) is 20.2 Å². The van der Waals surface area contributed by atoms with Gasteiger partial charge in [0.05, 0.1) is 6.61 Å². The summed E-state index contributed by atoms with van der Waals surface area (Å²) in [5, 5.41) is 9.34. The van der Waals surface area contributed by atoms with Crippen molar-refractivity contribution in [3.63, 3.8) is 0 Å². The van der Waals surface area contributed by atoms with Crippen LogP contribution in [0, 0.1) is 5.92 Å². The van der Waals surface area contributed by atoms with Gasteiger partial charge in [-0.2, -0.15) is 0 Å². The lowest BCUT2D eigenvalue weighted by Crippen LogP contribution is -2.48. The molecule has 16 heavy (non-hydrogen) atoms. The smallest absolute Gasteiger partial charge is 0.0609 e. The fourth-order valence-electron chi connectivity index (χ4n) is 2.36. The first-order chi connectivity index (χ1) is 7.47. The van der Waals surface area contributed by atoms with Crippen molar-refractivity contribution in [3.05, 3.63) is 0 Å². The van der Waals surface area contributed by atoms with Crippen LogP contribution in [0.5, 0.6) is 0 Å². The van der Waals surface area contributed by atoms with E-state index in [9.17, 15) is 5.11 Å². The Balaban J connectivity index is 2.51. The van der Waals surface area contributed by atoms with Crippen LogP contribution < -0.4 is 5.73 Å². The van der Waals surface area contributed by atoms with E-state index in [1.54, 1.807) is 0 Å². The summed E-state index contributed by atoms with van der Waals surface area (Å²) in [6.45, 7) is 5.37. The van der Waals surface area contributed by atoms with Crippen LogP contribution in [0.4, 0.5) is 0 Å². The molecule has 0 spiro atoms. The van der Waals surface area contributed by atoms with Crippen LogP contribution in [0.2, 0.25) is 0 Å². The average Bonchev–Trinajstić information content (AvgIpc) is 2.44. The van der Waals surface area contributed by atoms with Gasteiger partial charge in [0, 0.05) is 18.1 Å². The Morgan fingerprint density at radius 3 is 2.50 bits per heavy atom. The molecule has 96 valence electrons. The van der Waals surface area contributed by atoms with Gasteiger partial charge in [-0.05, 0) is 39.7 Å². The van der Waals surface area contributed by atoms with E-state index in [1.165, 1.54) is 25.7 Å². The number of nitrogens with two attached hydrogens (primary N) is 1. The second-order valence-corrected chi connectivity index (χ2v) is 5.91. The van der Waals surface area contributed by atoms with Gasteiger partial charge in [-0.15, -0.1) is 0 Å². The van der Waals surface area contributed by atoms with Crippen LogP contribution in [0.1, 0.15) is 46.0 Å². The molecular weight excluding hydrogens is 200 g/mol. The quantitative estimate of drug-likeness (QED) is 0.719. The Kier molecular flexibility index (Phi) is 5.22. The summed E-state index contributed by atoms with van der Waals surface area (Å²) < 4.78 is 0.